The summed E-state index contributed by atoms with van der Waals surface area (Å²) in [6, 6.07) is 16.3. The van der Waals surface area contributed by atoms with Gasteiger partial charge >= 0.3 is 0 Å². The van der Waals surface area contributed by atoms with Gasteiger partial charge in [0.05, 0.1) is 0 Å². The van der Waals surface area contributed by atoms with Crippen LogP contribution in [0.4, 0.5) is 5.13 Å². The molecule has 0 atom stereocenters. The van der Waals surface area contributed by atoms with E-state index in [4.69, 9.17) is 0 Å². The molecule has 102 valence electrons. The topological polar surface area (TPSA) is 53.1 Å². The average molecular weight is 292 g/mol. The molecule has 0 aliphatic rings. The number of hydrogen-bond acceptors (Lipinski definition) is 4. The molecule has 0 unspecified atom stereocenters. The summed E-state index contributed by atoms with van der Waals surface area (Å²) in [6.45, 7) is 0. The van der Waals surface area contributed by atoms with Crippen molar-refractivity contribution in [1.82, 2.24) is 9.97 Å². The Kier molecular flexibility index (Phi) is 2.90. The second-order valence-corrected chi connectivity index (χ2v) is 5.52. The molecule has 0 saturated heterocycles. The van der Waals surface area contributed by atoms with Gasteiger partial charge in [-0.15, -0.1) is 11.3 Å². The summed E-state index contributed by atoms with van der Waals surface area (Å²) in [5.41, 5.74) is 5.18. The normalized spacial score (nSPS) is 10.9. The van der Waals surface area contributed by atoms with E-state index in [9.17, 15) is 0 Å². The first-order valence-corrected chi connectivity index (χ1v) is 7.49. The van der Waals surface area contributed by atoms with Crippen LogP contribution in [0.5, 0.6) is 0 Å². The van der Waals surface area contributed by atoms with E-state index >= 15 is 0 Å². The Hall–Kier alpha value is -2.66. The number of benzene rings is 2. The number of H-pyrrole nitrogens is 1. The SMILES string of the molecule is c1ccc2c(=NNc3nccs3)c3ccccc3[nH]c2c1. The number of anilines is 1. The number of thiazole rings is 1. The van der Waals surface area contributed by atoms with Gasteiger partial charge in [-0.05, 0) is 12.1 Å². The summed E-state index contributed by atoms with van der Waals surface area (Å²) >= 11 is 1.53. The Labute approximate surface area is 124 Å². The number of para-hydroxylation sites is 2. The molecule has 21 heavy (non-hydrogen) atoms. The van der Waals surface area contributed by atoms with Gasteiger partial charge in [0.15, 0.2) is 0 Å². The van der Waals surface area contributed by atoms with E-state index in [2.05, 4.69) is 44.8 Å². The molecule has 0 spiro atoms. The maximum absolute atomic E-state index is 4.58. The van der Waals surface area contributed by atoms with Gasteiger partial charge < -0.3 is 4.98 Å². The molecule has 2 N–H and O–H groups in total. The molecule has 0 amide bonds. The first kappa shape index (κ1) is 12.1. The molecule has 0 saturated carbocycles. The first-order chi connectivity index (χ1) is 10.4. The minimum Gasteiger partial charge on any atom is -0.354 e. The third-order valence-electron chi connectivity index (χ3n) is 3.33. The van der Waals surface area contributed by atoms with Crippen molar-refractivity contribution in [1.29, 1.82) is 0 Å². The van der Waals surface area contributed by atoms with Crippen molar-refractivity contribution in [2.45, 2.75) is 0 Å². The van der Waals surface area contributed by atoms with Crippen molar-refractivity contribution in [2.75, 3.05) is 5.43 Å². The lowest BCUT2D eigenvalue weighted by Crippen LogP contribution is -2.09. The largest absolute Gasteiger partial charge is 0.354 e. The number of aromatic nitrogens is 2. The summed E-state index contributed by atoms with van der Waals surface area (Å²) in [5.74, 6) is 0. The Bertz CT molecular complexity index is 913. The summed E-state index contributed by atoms with van der Waals surface area (Å²) < 4.78 is 0. The zero-order valence-electron chi connectivity index (χ0n) is 11.1. The number of hydrogen-bond donors (Lipinski definition) is 2. The fraction of sp³-hybridized carbons (Fsp3) is 0. The van der Waals surface area contributed by atoms with E-state index in [0.29, 0.717) is 0 Å². The Morgan fingerprint density at radius 1 is 0.952 bits per heavy atom. The number of pyridine rings is 1. The third kappa shape index (κ3) is 2.17. The van der Waals surface area contributed by atoms with E-state index in [1.165, 1.54) is 11.3 Å². The molecular formula is C16H12N4S. The smallest absolute Gasteiger partial charge is 0.203 e. The molecule has 2 heterocycles. The van der Waals surface area contributed by atoms with Crippen LogP contribution in [0.25, 0.3) is 21.8 Å². The van der Waals surface area contributed by atoms with Crippen LogP contribution in [-0.2, 0) is 0 Å². The fourth-order valence-electron chi connectivity index (χ4n) is 2.39. The molecule has 5 heteroatoms. The van der Waals surface area contributed by atoms with Gasteiger partial charge in [0.2, 0.25) is 5.13 Å². The van der Waals surface area contributed by atoms with E-state index in [1.807, 2.05) is 29.6 Å². The number of aromatic amines is 1. The second-order valence-electron chi connectivity index (χ2n) is 4.63. The highest BCUT2D eigenvalue weighted by Crippen LogP contribution is 2.15. The van der Waals surface area contributed by atoms with Crippen LogP contribution in [-0.4, -0.2) is 9.97 Å². The molecule has 2 aromatic carbocycles. The van der Waals surface area contributed by atoms with Crippen molar-refractivity contribution in [3.63, 3.8) is 0 Å². The van der Waals surface area contributed by atoms with Crippen molar-refractivity contribution in [3.8, 4) is 0 Å². The zero-order chi connectivity index (χ0) is 14.1. The van der Waals surface area contributed by atoms with Crippen LogP contribution in [0.3, 0.4) is 0 Å². The lowest BCUT2D eigenvalue weighted by atomic mass is 10.1. The number of nitrogens with zero attached hydrogens (tertiary/aromatic N) is 2. The minimum atomic E-state index is 0.788. The highest BCUT2D eigenvalue weighted by atomic mass is 32.1. The lowest BCUT2D eigenvalue weighted by Gasteiger charge is -2.05. The molecule has 0 radical (unpaired) electrons. The van der Waals surface area contributed by atoms with Crippen molar-refractivity contribution in [3.05, 3.63) is 65.5 Å². The van der Waals surface area contributed by atoms with Gasteiger partial charge in [-0.2, -0.15) is 5.10 Å². The first-order valence-electron chi connectivity index (χ1n) is 6.61. The Morgan fingerprint density at radius 2 is 1.62 bits per heavy atom. The van der Waals surface area contributed by atoms with Crippen molar-refractivity contribution < 1.29 is 0 Å². The lowest BCUT2D eigenvalue weighted by molar-refractivity contribution is 1.22. The van der Waals surface area contributed by atoms with Crippen LogP contribution in [0, 0.1) is 0 Å². The monoisotopic (exact) mass is 292 g/mol. The summed E-state index contributed by atoms with van der Waals surface area (Å²) in [5, 5.41) is 10.4. The van der Waals surface area contributed by atoms with Gasteiger partial charge in [0, 0.05) is 33.4 Å². The fourth-order valence-corrected chi connectivity index (χ4v) is 2.86. The average Bonchev–Trinajstić information content (AvgIpc) is 3.05. The van der Waals surface area contributed by atoms with Crippen LogP contribution in [0.2, 0.25) is 0 Å². The van der Waals surface area contributed by atoms with Gasteiger partial charge in [-0.3, -0.25) is 5.43 Å². The quantitative estimate of drug-likeness (QED) is 0.437. The molecule has 4 nitrogen and oxygen atoms in total. The van der Waals surface area contributed by atoms with Crippen LogP contribution in [0.15, 0.2) is 65.2 Å². The number of nitrogens with one attached hydrogen (secondary N) is 2. The molecular weight excluding hydrogens is 280 g/mol. The van der Waals surface area contributed by atoms with Gasteiger partial charge in [0.1, 0.15) is 5.36 Å². The number of rotatable bonds is 2. The van der Waals surface area contributed by atoms with E-state index in [-0.39, 0.29) is 0 Å². The van der Waals surface area contributed by atoms with E-state index < -0.39 is 0 Å². The summed E-state index contributed by atoms with van der Waals surface area (Å²) in [6.07, 6.45) is 1.76. The zero-order valence-corrected chi connectivity index (χ0v) is 11.9. The summed E-state index contributed by atoms with van der Waals surface area (Å²) in [4.78, 5) is 7.64. The van der Waals surface area contributed by atoms with Gasteiger partial charge in [-0.25, -0.2) is 4.98 Å². The predicted molar refractivity (Wildman–Crippen MR) is 87.1 cm³/mol. The van der Waals surface area contributed by atoms with Crippen LogP contribution < -0.4 is 10.8 Å². The molecule has 0 bridgehead atoms. The molecule has 0 fully saturated rings. The second kappa shape index (κ2) is 5.03. The number of fused-ring (bicyclic) bond motifs is 2. The molecule has 2 aromatic heterocycles. The molecule has 4 aromatic rings. The highest BCUT2D eigenvalue weighted by Gasteiger charge is 2.03. The highest BCUT2D eigenvalue weighted by molar-refractivity contribution is 7.13. The third-order valence-corrected chi connectivity index (χ3v) is 4.01. The molecule has 0 aliphatic heterocycles. The Balaban J connectivity index is 2.04. The van der Waals surface area contributed by atoms with Gasteiger partial charge in [0.25, 0.3) is 0 Å². The molecule has 4 rings (SSSR count). The standard InChI is InChI=1S/C16H12N4S/c1-3-7-13-11(5-1)15(19-20-16-17-9-10-21-16)12-6-2-4-8-14(12)18-13/h1-10H,(H,17,20)(H,18,19). The van der Waals surface area contributed by atoms with E-state index in [0.717, 1.165) is 32.3 Å². The predicted octanol–water partition coefficient (Wildman–Crippen LogP) is 3.71. The van der Waals surface area contributed by atoms with Crippen LogP contribution in [0.1, 0.15) is 0 Å². The van der Waals surface area contributed by atoms with Gasteiger partial charge in [-0.1, -0.05) is 36.4 Å². The van der Waals surface area contributed by atoms with Crippen molar-refractivity contribution in [2.24, 2.45) is 5.10 Å². The van der Waals surface area contributed by atoms with Crippen molar-refractivity contribution >= 4 is 38.3 Å². The maximum atomic E-state index is 4.58. The Morgan fingerprint density at radius 3 is 2.24 bits per heavy atom. The molecule has 0 aliphatic carbocycles. The van der Waals surface area contributed by atoms with Crippen LogP contribution >= 0.6 is 11.3 Å². The van der Waals surface area contributed by atoms with E-state index in [1.54, 1.807) is 6.20 Å². The maximum Gasteiger partial charge on any atom is 0.203 e. The summed E-state index contributed by atoms with van der Waals surface area (Å²) in [7, 11) is 0. The minimum absolute atomic E-state index is 0.788.